The van der Waals surface area contributed by atoms with Crippen molar-refractivity contribution in [2.45, 2.75) is 26.2 Å². The van der Waals surface area contributed by atoms with Crippen LogP contribution in [0.2, 0.25) is 0 Å². The molecule has 0 aromatic heterocycles. The van der Waals surface area contributed by atoms with Gasteiger partial charge in [-0.3, -0.25) is 0 Å². The highest BCUT2D eigenvalue weighted by atomic mass is 14.5. The van der Waals surface area contributed by atoms with Crippen LogP contribution in [-0.2, 0) is 5.41 Å². The molecule has 5 rings (SSSR count). The second-order valence-electron chi connectivity index (χ2n) is 6.92. The molecule has 3 aromatic carbocycles. The van der Waals surface area contributed by atoms with Crippen LogP contribution < -0.4 is 0 Å². The average molecular weight is 363 g/mol. The average Bonchev–Trinajstić information content (AvgIpc) is 3.22. The molecule has 0 heteroatoms. The smallest absolute Gasteiger partial charge is 0.0725 e. The summed E-state index contributed by atoms with van der Waals surface area (Å²) in [6.45, 7) is 10.2. The quantitative estimate of drug-likeness (QED) is 0.441. The molecule has 0 fully saturated rings. The molecule has 0 bridgehead atoms. The van der Waals surface area contributed by atoms with Gasteiger partial charge in [-0.2, -0.15) is 0 Å². The molecular formula is C28H26. The Morgan fingerprint density at radius 1 is 0.679 bits per heavy atom. The molecule has 0 saturated carbocycles. The Morgan fingerprint density at radius 2 is 1.11 bits per heavy atom. The van der Waals surface area contributed by atoms with Gasteiger partial charge in [0.05, 0.1) is 5.41 Å². The molecule has 0 nitrogen and oxygen atoms in total. The van der Waals surface area contributed by atoms with Crippen molar-refractivity contribution in [3.05, 3.63) is 125 Å². The molecule has 0 saturated heterocycles. The fourth-order valence-electron chi connectivity index (χ4n) is 4.95. The van der Waals surface area contributed by atoms with Gasteiger partial charge in [0.25, 0.3) is 0 Å². The van der Waals surface area contributed by atoms with E-state index in [0.29, 0.717) is 0 Å². The van der Waals surface area contributed by atoms with Gasteiger partial charge in [0.15, 0.2) is 0 Å². The van der Waals surface area contributed by atoms with Crippen molar-refractivity contribution >= 4 is 5.57 Å². The van der Waals surface area contributed by atoms with Gasteiger partial charge in [-0.1, -0.05) is 111 Å². The van der Waals surface area contributed by atoms with Gasteiger partial charge in [0, 0.05) is 0 Å². The van der Waals surface area contributed by atoms with Gasteiger partial charge in [-0.25, -0.2) is 0 Å². The van der Waals surface area contributed by atoms with Crippen molar-refractivity contribution < 1.29 is 0 Å². The molecule has 0 radical (unpaired) electrons. The number of hydrogen-bond acceptors (Lipinski definition) is 0. The first-order valence-electron chi connectivity index (χ1n) is 10.1. The molecule has 0 amide bonds. The van der Waals surface area contributed by atoms with Crippen LogP contribution in [0.4, 0.5) is 0 Å². The molecule has 0 heterocycles. The monoisotopic (exact) mass is 362 g/mol. The molecule has 138 valence electrons. The van der Waals surface area contributed by atoms with Crippen LogP contribution in [0.3, 0.4) is 0 Å². The van der Waals surface area contributed by atoms with Crippen molar-refractivity contribution in [3.8, 4) is 11.1 Å². The molecule has 3 aromatic rings. The Kier molecular flexibility index (Phi) is 4.65. The summed E-state index contributed by atoms with van der Waals surface area (Å²) in [5, 5.41) is 0. The molecule has 0 N–H and O–H groups in total. The minimum Gasteiger partial charge on any atom is -0.0984 e. The molecule has 1 spiro atoms. The van der Waals surface area contributed by atoms with E-state index in [2.05, 4.69) is 98.5 Å². The van der Waals surface area contributed by atoms with Crippen molar-refractivity contribution in [1.82, 2.24) is 0 Å². The van der Waals surface area contributed by atoms with Crippen LogP contribution in [0.1, 0.15) is 43.0 Å². The lowest BCUT2D eigenvalue weighted by molar-refractivity contribution is 0.786. The maximum atomic E-state index is 4.15. The van der Waals surface area contributed by atoms with Crippen LogP contribution in [-0.4, -0.2) is 0 Å². The van der Waals surface area contributed by atoms with Gasteiger partial charge >= 0.3 is 0 Å². The lowest BCUT2D eigenvalue weighted by atomic mass is 9.69. The molecule has 0 aliphatic heterocycles. The maximum absolute atomic E-state index is 4.15. The molecule has 2 aliphatic carbocycles. The predicted molar refractivity (Wildman–Crippen MR) is 121 cm³/mol. The van der Waals surface area contributed by atoms with E-state index in [1.165, 1.54) is 44.5 Å². The van der Waals surface area contributed by atoms with E-state index >= 15 is 0 Å². The third-order valence-electron chi connectivity index (χ3n) is 5.81. The van der Waals surface area contributed by atoms with Gasteiger partial charge in [-0.05, 0) is 51.5 Å². The molecule has 0 unspecified atom stereocenters. The van der Waals surface area contributed by atoms with Gasteiger partial charge in [0.2, 0.25) is 0 Å². The van der Waals surface area contributed by atoms with Gasteiger partial charge in [-0.15, -0.1) is 0 Å². The Morgan fingerprint density at radius 3 is 1.57 bits per heavy atom. The summed E-state index contributed by atoms with van der Waals surface area (Å²) < 4.78 is 0. The molecule has 28 heavy (non-hydrogen) atoms. The number of allylic oxidation sites excluding steroid dienone is 5. The highest BCUT2D eigenvalue weighted by Crippen LogP contribution is 2.61. The minimum absolute atomic E-state index is 0.250. The topological polar surface area (TPSA) is 0 Å². The van der Waals surface area contributed by atoms with Crippen LogP contribution in [0, 0.1) is 0 Å². The molecule has 2 aliphatic rings. The molecular weight excluding hydrogens is 336 g/mol. The summed E-state index contributed by atoms with van der Waals surface area (Å²) in [5.74, 6) is 0. The third kappa shape index (κ3) is 2.18. The minimum atomic E-state index is -0.250. The fraction of sp³-hybridized carbons (Fsp3) is 0.143. The van der Waals surface area contributed by atoms with Crippen molar-refractivity contribution in [2.24, 2.45) is 0 Å². The number of benzene rings is 3. The summed E-state index contributed by atoms with van der Waals surface area (Å²) in [4.78, 5) is 0. The molecule has 0 atom stereocenters. The summed E-state index contributed by atoms with van der Waals surface area (Å²) in [5.41, 5.74) is 10.4. The Bertz CT molecular complexity index is 1060. The van der Waals surface area contributed by atoms with Crippen LogP contribution in [0.5, 0.6) is 0 Å². The third-order valence-corrected chi connectivity index (χ3v) is 5.81. The van der Waals surface area contributed by atoms with Crippen molar-refractivity contribution in [2.75, 3.05) is 0 Å². The van der Waals surface area contributed by atoms with E-state index in [1.54, 1.807) is 0 Å². The van der Waals surface area contributed by atoms with Crippen LogP contribution in [0.15, 0.2) is 103 Å². The summed E-state index contributed by atoms with van der Waals surface area (Å²) in [7, 11) is 0. The SMILES string of the molecule is C=CC1=C(/C=C\C)C2(c3ccccc31)c1ccccc1-c1ccccc12.CC. The summed E-state index contributed by atoms with van der Waals surface area (Å²) >= 11 is 0. The highest BCUT2D eigenvalue weighted by molar-refractivity contribution is 5.97. The van der Waals surface area contributed by atoms with Crippen molar-refractivity contribution in [3.63, 3.8) is 0 Å². The Labute approximate surface area is 168 Å². The normalized spacial score (nSPS) is 15.1. The first kappa shape index (κ1) is 18.3. The number of fused-ring (bicyclic) bond motifs is 7. The van der Waals surface area contributed by atoms with Crippen LogP contribution >= 0.6 is 0 Å². The fourth-order valence-corrected chi connectivity index (χ4v) is 4.95. The van der Waals surface area contributed by atoms with Gasteiger partial charge < -0.3 is 0 Å². The Balaban J connectivity index is 0.000000932. The first-order valence-corrected chi connectivity index (χ1v) is 10.1. The van der Waals surface area contributed by atoms with E-state index in [0.717, 1.165) is 0 Å². The van der Waals surface area contributed by atoms with E-state index in [-0.39, 0.29) is 5.41 Å². The van der Waals surface area contributed by atoms with Crippen molar-refractivity contribution in [1.29, 1.82) is 0 Å². The number of hydrogen-bond donors (Lipinski definition) is 0. The van der Waals surface area contributed by atoms with E-state index in [1.807, 2.05) is 19.9 Å². The Hall–Kier alpha value is -3.12. The standard InChI is InChI=1S/C26H20.C2H6/c1-3-11-22-18(4-2)19-12-5-8-15-23(19)26(22)24-16-9-6-13-20(24)21-14-7-10-17-25(21)26;1-2/h3-17H,2H2,1H3;1-2H3/b11-3-;. The zero-order valence-electron chi connectivity index (χ0n) is 16.9. The zero-order valence-corrected chi connectivity index (χ0v) is 16.9. The highest BCUT2D eigenvalue weighted by Gasteiger charge is 2.51. The van der Waals surface area contributed by atoms with Crippen LogP contribution in [0.25, 0.3) is 16.7 Å². The predicted octanol–water partition coefficient (Wildman–Crippen LogP) is 7.56. The first-order chi connectivity index (χ1) is 13.8. The van der Waals surface area contributed by atoms with E-state index in [9.17, 15) is 0 Å². The second-order valence-corrected chi connectivity index (χ2v) is 6.92. The second kappa shape index (κ2) is 7.13. The number of rotatable bonds is 2. The zero-order chi connectivity index (χ0) is 19.7. The van der Waals surface area contributed by atoms with E-state index in [4.69, 9.17) is 0 Å². The van der Waals surface area contributed by atoms with Gasteiger partial charge in [0.1, 0.15) is 0 Å². The summed E-state index contributed by atoms with van der Waals surface area (Å²) in [6, 6.07) is 26.5. The van der Waals surface area contributed by atoms with E-state index < -0.39 is 0 Å². The maximum Gasteiger partial charge on any atom is 0.0725 e. The largest absolute Gasteiger partial charge is 0.0984 e. The lowest BCUT2D eigenvalue weighted by Gasteiger charge is -2.31. The lowest BCUT2D eigenvalue weighted by Crippen LogP contribution is -2.26. The summed E-state index contributed by atoms with van der Waals surface area (Å²) in [6.07, 6.45) is 6.44.